The van der Waals surface area contributed by atoms with E-state index < -0.39 is 23.6 Å². The van der Waals surface area contributed by atoms with Crippen LogP contribution in [0.1, 0.15) is 6.92 Å². The Bertz CT molecular complexity index is 662. The molecule has 1 amide bonds. The van der Waals surface area contributed by atoms with Gasteiger partial charge in [-0.3, -0.25) is 4.79 Å². The second kappa shape index (κ2) is 6.21. The van der Waals surface area contributed by atoms with Crippen molar-refractivity contribution in [2.45, 2.75) is 13.0 Å². The Kier molecular flexibility index (Phi) is 4.37. The lowest BCUT2D eigenvalue weighted by atomic mass is 10.2. The van der Waals surface area contributed by atoms with E-state index in [0.29, 0.717) is 17.4 Å². The Morgan fingerprint density at radius 2 is 1.95 bits per heavy atom. The third-order valence-electron chi connectivity index (χ3n) is 2.79. The van der Waals surface area contributed by atoms with Gasteiger partial charge in [0.05, 0.1) is 11.4 Å². The Balaban J connectivity index is 2.04. The molecule has 0 aliphatic heterocycles. The number of anilines is 2. The quantitative estimate of drug-likeness (QED) is 0.852. The van der Waals surface area contributed by atoms with Crippen LogP contribution in [0.3, 0.4) is 0 Å². The average Bonchev–Trinajstić information content (AvgIpc) is 2.44. The maximum atomic E-state index is 13.4. The largest absolute Gasteiger partial charge is 0.478 e. The summed E-state index contributed by atoms with van der Waals surface area (Å²) in [4.78, 5) is 12.0. The van der Waals surface area contributed by atoms with Crippen LogP contribution in [0.4, 0.5) is 20.2 Å². The van der Waals surface area contributed by atoms with Crippen molar-refractivity contribution < 1.29 is 18.3 Å². The fourth-order valence-corrected chi connectivity index (χ4v) is 1.66. The minimum atomic E-state index is -0.968. The van der Waals surface area contributed by atoms with Crippen LogP contribution in [0.2, 0.25) is 0 Å². The highest BCUT2D eigenvalue weighted by molar-refractivity contribution is 5.96. The number of benzene rings is 2. The van der Waals surface area contributed by atoms with Gasteiger partial charge in [0.1, 0.15) is 5.82 Å². The molecule has 2 aromatic rings. The summed E-state index contributed by atoms with van der Waals surface area (Å²) in [5.41, 5.74) is 6.56. The molecular weight excluding hydrogens is 278 g/mol. The SMILES string of the molecule is CC(Oc1ccc(F)cc1F)C(=O)Nc1ccccc1N. The average molecular weight is 292 g/mol. The van der Waals surface area contributed by atoms with Gasteiger partial charge in [-0.1, -0.05) is 12.1 Å². The first kappa shape index (κ1) is 14.8. The monoisotopic (exact) mass is 292 g/mol. The fourth-order valence-electron chi connectivity index (χ4n) is 1.66. The fraction of sp³-hybridized carbons (Fsp3) is 0.133. The predicted molar refractivity (Wildman–Crippen MR) is 75.9 cm³/mol. The van der Waals surface area contributed by atoms with Crippen molar-refractivity contribution in [3.05, 3.63) is 54.1 Å². The molecule has 0 heterocycles. The lowest BCUT2D eigenvalue weighted by Gasteiger charge is -2.16. The molecule has 0 radical (unpaired) electrons. The molecule has 0 aliphatic rings. The Labute approximate surface area is 120 Å². The number of carbonyl (C=O) groups is 1. The first-order chi connectivity index (χ1) is 9.97. The summed E-state index contributed by atoms with van der Waals surface area (Å²) in [7, 11) is 0. The lowest BCUT2D eigenvalue weighted by molar-refractivity contribution is -0.122. The minimum Gasteiger partial charge on any atom is -0.478 e. The number of nitrogen functional groups attached to an aromatic ring is 1. The van der Waals surface area contributed by atoms with E-state index in [2.05, 4.69) is 5.32 Å². The van der Waals surface area contributed by atoms with Gasteiger partial charge in [-0.25, -0.2) is 8.78 Å². The number of nitrogens with two attached hydrogens (primary N) is 1. The molecule has 6 heteroatoms. The number of halogens is 2. The van der Waals surface area contributed by atoms with Gasteiger partial charge in [-0.2, -0.15) is 0 Å². The first-order valence-electron chi connectivity index (χ1n) is 6.24. The van der Waals surface area contributed by atoms with Crippen LogP contribution in [-0.4, -0.2) is 12.0 Å². The summed E-state index contributed by atoms with van der Waals surface area (Å²) >= 11 is 0. The number of ether oxygens (including phenoxy) is 1. The Morgan fingerprint density at radius 1 is 1.24 bits per heavy atom. The smallest absolute Gasteiger partial charge is 0.265 e. The number of para-hydroxylation sites is 2. The molecule has 0 aliphatic carbocycles. The molecule has 0 saturated heterocycles. The molecule has 2 aromatic carbocycles. The summed E-state index contributed by atoms with van der Waals surface area (Å²) < 4.78 is 31.4. The molecule has 21 heavy (non-hydrogen) atoms. The highest BCUT2D eigenvalue weighted by Crippen LogP contribution is 2.20. The normalized spacial score (nSPS) is 11.8. The van der Waals surface area contributed by atoms with Gasteiger partial charge in [-0.05, 0) is 31.2 Å². The van der Waals surface area contributed by atoms with Gasteiger partial charge < -0.3 is 15.8 Å². The minimum absolute atomic E-state index is 0.194. The van der Waals surface area contributed by atoms with Gasteiger partial charge in [0.15, 0.2) is 17.7 Å². The van der Waals surface area contributed by atoms with E-state index in [-0.39, 0.29) is 5.75 Å². The van der Waals surface area contributed by atoms with Crippen molar-refractivity contribution in [3.8, 4) is 5.75 Å². The number of amides is 1. The summed E-state index contributed by atoms with van der Waals surface area (Å²) in [5.74, 6) is -2.26. The van der Waals surface area contributed by atoms with E-state index in [0.717, 1.165) is 12.1 Å². The highest BCUT2D eigenvalue weighted by Gasteiger charge is 2.17. The third kappa shape index (κ3) is 3.68. The van der Waals surface area contributed by atoms with Crippen LogP contribution in [0.25, 0.3) is 0 Å². The standard InChI is InChI=1S/C15H14F2N2O2/c1-9(21-14-7-6-10(16)8-11(14)17)15(20)19-13-5-3-2-4-12(13)18/h2-9H,18H2,1H3,(H,19,20). The molecule has 0 saturated carbocycles. The lowest BCUT2D eigenvalue weighted by Crippen LogP contribution is -2.30. The van der Waals surface area contributed by atoms with Gasteiger partial charge in [0, 0.05) is 6.07 Å². The highest BCUT2D eigenvalue weighted by atomic mass is 19.1. The first-order valence-corrected chi connectivity index (χ1v) is 6.24. The molecule has 1 atom stereocenters. The molecule has 0 spiro atoms. The molecule has 0 fully saturated rings. The van der Waals surface area contributed by atoms with E-state index in [1.807, 2.05) is 0 Å². The van der Waals surface area contributed by atoms with Crippen molar-refractivity contribution in [1.29, 1.82) is 0 Å². The van der Waals surface area contributed by atoms with Crippen molar-refractivity contribution in [2.24, 2.45) is 0 Å². The van der Waals surface area contributed by atoms with E-state index in [9.17, 15) is 13.6 Å². The van der Waals surface area contributed by atoms with Crippen molar-refractivity contribution in [1.82, 2.24) is 0 Å². The van der Waals surface area contributed by atoms with Gasteiger partial charge >= 0.3 is 0 Å². The summed E-state index contributed by atoms with van der Waals surface area (Å²) in [6, 6.07) is 9.61. The van der Waals surface area contributed by atoms with E-state index in [4.69, 9.17) is 10.5 Å². The molecule has 2 rings (SSSR count). The predicted octanol–water partition coefficient (Wildman–Crippen LogP) is 2.95. The van der Waals surface area contributed by atoms with Gasteiger partial charge in [0.2, 0.25) is 0 Å². The van der Waals surface area contributed by atoms with Crippen LogP contribution < -0.4 is 15.8 Å². The topological polar surface area (TPSA) is 64.3 Å². The van der Waals surface area contributed by atoms with Gasteiger partial charge in [-0.15, -0.1) is 0 Å². The molecule has 4 nitrogen and oxygen atoms in total. The second-order valence-electron chi connectivity index (χ2n) is 4.41. The van der Waals surface area contributed by atoms with Crippen LogP contribution in [0.15, 0.2) is 42.5 Å². The maximum absolute atomic E-state index is 13.4. The third-order valence-corrected chi connectivity index (χ3v) is 2.79. The Morgan fingerprint density at radius 3 is 2.62 bits per heavy atom. The molecule has 0 aromatic heterocycles. The maximum Gasteiger partial charge on any atom is 0.265 e. The second-order valence-corrected chi connectivity index (χ2v) is 4.41. The zero-order chi connectivity index (χ0) is 15.4. The molecule has 0 bridgehead atoms. The summed E-state index contributed by atoms with van der Waals surface area (Å²) in [5, 5.41) is 2.58. The number of rotatable bonds is 4. The van der Waals surface area contributed by atoms with Crippen LogP contribution in [0.5, 0.6) is 5.75 Å². The van der Waals surface area contributed by atoms with Crippen LogP contribution >= 0.6 is 0 Å². The van der Waals surface area contributed by atoms with Crippen molar-refractivity contribution in [3.63, 3.8) is 0 Å². The number of hydrogen-bond acceptors (Lipinski definition) is 3. The Hall–Kier alpha value is -2.63. The van der Waals surface area contributed by atoms with Crippen LogP contribution in [-0.2, 0) is 4.79 Å². The molecule has 1 unspecified atom stereocenters. The van der Waals surface area contributed by atoms with Crippen molar-refractivity contribution in [2.75, 3.05) is 11.1 Å². The molecular formula is C15H14F2N2O2. The van der Waals surface area contributed by atoms with Crippen molar-refractivity contribution >= 4 is 17.3 Å². The van der Waals surface area contributed by atoms with Crippen LogP contribution in [0, 0.1) is 11.6 Å². The molecule has 3 N–H and O–H groups in total. The van der Waals surface area contributed by atoms with E-state index in [1.54, 1.807) is 24.3 Å². The molecule has 110 valence electrons. The van der Waals surface area contributed by atoms with E-state index >= 15 is 0 Å². The number of hydrogen-bond donors (Lipinski definition) is 2. The zero-order valence-corrected chi connectivity index (χ0v) is 11.3. The summed E-state index contributed by atoms with van der Waals surface area (Å²) in [6.45, 7) is 1.46. The zero-order valence-electron chi connectivity index (χ0n) is 11.3. The number of carbonyl (C=O) groups excluding carboxylic acids is 1. The number of nitrogens with one attached hydrogen (secondary N) is 1. The summed E-state index contributed by atoms with van der Waals surface area (Å²) in [6.07, 6.45) is -0.968. The van der Waals surface area contributed by atoms with Gasteiger partial charge in [0.25, 0.3) is 5.91 Å². The van der Waals surface area contributed by atoms with E-state index in [1.165, 1.54) is 6.92 Å².